The smallest absolute Gasteiger partial charge is 0.234 e. The van der Waals surface area contributed by atoms with Crippen LogP contribution in [0.3, 0.4) is 0 Å². The number of hydrogen-bond acceptors (Lipinski definition) is 5. The minimum absolute atomic E-state index is 0.00248. The number of benzene rings is 2. The van der Waals surface area contributed by atoms with Crippen molar-refractivity contribution in [1.82, 2.24) is 9.80 Å². The van der Waals surface area contributed by atoms with E-state index in [1.54, 1.807) is 4.90 Å². The molecule has 1 aliphatic carbocycles. The molecule has 3 saturated heterocycles. The summed E-state index contributed by atoms with van der Waals surface area (Å²) in [6.07, 6.45) is 8.54. The summed E-state index contributed by atoms with van der Waals surface area (Å²) in [5, 5.41) is 10.2. The molecule has 6 rings (SSSR count). The molecule has 0 bridgehead atoms. The number of carbonyl (C=O) groups is 2. The number of amides is 2. The lowest BCUT2D eigenvalue weighted by molar-refractivity contribution is -0.144. The fourth-order valence-corrected chi connectivity index (χ4v) is 8.41. The molecule has 44 heavy (non-hydrogen) atoms. The molecule has 6 heteroatoms. The summed E-state index contributed by atoms with van der Waals surface area (Å²) in [5.41, 5.74) is 8.15. The lowest BCUT2D eigenvalue weighted by Crippen LogP contribution is -2.47. The van der Waals surface area contributed by atoms with Crippen LogP contribution in [0.1, 0.15) is 81.0 Å². The van der Waals surface area contributed by atoms with Crippen LogP contribution in [0.4, 0.5) is 0 Å². The number of rotatable bonds is 9. The Morgan fingerprint density at radius 2 is 1.68 bits per heavy atom. The molecule has 3 fully saturated rings. The molecule has 0 saturated carbocycles. The van der Waals surface area contributed by atoms with E-state index >= 15 is 0 Å². The topological polar surface area (TPSA) is 70.1 Å². The van der Waals surface area contributed by atoms with Gasteiger partial charge in [-0.1, -0.05) is 60.9 Å². The molecule has 1 N–H and O–H groups in total. The second kappa shape index (κ2) is 13.0. The Hall–Kier alpha value is -3.22. The molecule has 6 nitrogen and oxygen atoms in total. The van der Waals surface area contributed by atoms with Crippen molar-refractivity contribution in [3.05, 3.63) is 81.4 Å². The van der Waals surface area contributed by atoms with Gasteiger partial charge in [0.25, 0.3) is 0 Å². The molecule has 234 valence electrons. The maximum atomic E-state index is 14.0. The predicted molar refractivity (Wildman–Crippen MR) is 174 cm³/mol. The number of hydrogen-bond donors (Lipinski definition) is 1. The van der Waals surface area contributed by atoms with Gasteiger partial charge < -0.3 is 9.84 Å². The van der Waals surface area contributed by atoms with E-state index in [9.17, 15) is 14.7 Å². The van der Waals surface area contributed by atoms with Crippen molar-refractivity contribution in [2.75, 3.05) is 19.7 Å². The Balaban J connectivity index is 1.11. The van der Waals surface area contributed by atoms with Gasteiger partial charge in [-0.3, -0.25) is 19.4 Å². The number of allylic oxidation sites excluding steroid dienone is 2. The van der Waals surface area contributed by atoms with Gasteiger partial charge >= 0.3 is 0 Å². The highest BCUT2D eigenvalue weighted by molar-refractivity contribution is 6.06. The Morgan fingerprint density at radius 3 is 2.36 bits per heavy atom. The van der Waals surface area contributed by atoms with Gasteiger partial charge in [0.2, 0.25) is 11.8 Å². The summed E-state index contributed by atoms with van der Waals surface area (Å²) >= 11 is 0. The highest BCUT2D eigenvalue weighted by Gasteiger charge is 2.57. The second-order valence-electron chi connectivity index (χ2n) is 13.6. The maximum absolute atomic E-state index is 14.0. The quantitative estimate of drug-likeness (QED) is 0.250. The van der Waals surface area contributed by atoms with E-state index in [1.165, 1.54) is 22.3 Å². The first-order valence-corrected chi connectivity index (χ1v) is 16.7. The van der Waals surface area contributed by atoms with Crippen molar-refractivity contribution in [2.24, 2.45) is 17.8 Å². The van der Waals surface area contributed by atoms with Gasteiger partial charge in [0.15, 0.2) is 0 Å². The van der Waals surface area contributed by atoms with E-state index < -0.39 is 0 Å². The number of aromatic hydroxyl groups is 1. The van der Waals surface area contributed by atoms with Crippen molar-refractivity contribution in [3.8, 4) is 5.75 Å². The van der Waals surface area contributed by atoms with Crippen molar-refractivity contribution in [2.45, 2.75) is 91.3 Å². The van der Waals surface area contributed by atoms with E-state index in [0.717, 1.165) is 74.8 Å². The maximum Gasteiger partial charge on any atom is 0.234 e. The molecule has 0 spiro atoms. The van der Waals surface area contributed by atoms with Gasteiger partial charge in [-0.05, 0) is 99.3 Å². The van der Waals surface area contributed by atoms with Gasteiger partial charge in [-0.2, -0.15) is 0 Å². The number of piperidine rings is 1. The second-order valence-corrected chi connectivity index (χ2v) is 13.6. The van der Waals surface area contributed by atoms with Crippen LogP contribution >= 0.6 is 0 Å². The summed E-state index contributed by atoms with van der Waals surface area (Å²) in [6.45, 7) is 11.5. The first kappa shape index (κ1) is 30.8. The van der Waals surface area contributed by atoms with Crippen LogP contribution in [0.25, 0.3) is 6.08 Å². The number of imide groups is 1. The van der Waals surface area contributed by atoms with Crippen molar-refractivity contribution >= 4 is 17.9 Å². The number of aryl methyl sites for hydroxylation is 2. The van der Waals surface area contributed by atoms with Crippen molar-refractivity contribution in [1.29, 1.82) is 0 Å². The van der Waals surface area contributed by atoms with Gasteiger partial charge in [0.05, 0.1) is 24.5 Å². The molecular weight excluding hydrogens is 548 g/mol. The molecule has 0 unspecified atom stereocenters. The number of phenolic OH excluding ortho intramolecular Hbond substituents is 1. The van der Waals surface area contributed by atoms with E-state index in [4.69, 9.17) is 4.74 Å². The highest BCUT2D eigenvalue weighted by atomic mass is 16.5. The van der Waals surface area contributed by atoms with Crippen molar-refractivity contribution in [3.63, 3.8) is 0 Å². The molecule has 2 aromatic carbocycles. The monoisotopic (exact) mass is 596 g/mol. The van der Waals surface area contributed by atoms with E-state index in [1.807, 2.05) is 19.9 Å². The summed E-state index contributed by atoms with van der Waals surface area (Å²) < 4.78 is 6.44. The molecular formula is C38H48N2O4. The fraction of sp³-hybridized carbons (Fsp3) is 0.526. The first-order chi connectivity index (χ1) is 21.2. The average Bonchev–Trinajstić information content (AvgIpc) is 3.54. The normalized spacial score (nSPS) is 26.5. The summed E-state index contributed by atoms with van der Waals surface area (Å²) in [5.74, 6) is -0.0324. The van der Waals surface area contributed by atoms with Gasteiger partial charge in [-0.15, -0.1) is 0 Å². The molecule has 0 radical (unpaired) electrons. The number of ether oxygens (including phenoxy) is 1. The molecule has 4 atom stereocenters. The highest BCUT2D eigenvalue weighted by Crippen LogP contribution is 2.50. The molecule has 2 amide bonds. The Bertz CT molecular complexity index is 1430. The third-order valence-corrected chi connectivity index (χ3v) is 10.5. The van der Waals surface area contributed by atoms with Gasteiger partial charge in [0, 0.05) is 31.6 Å². The number of phenols is 1. The zero-order valence-corrected chi connectivity index (χ0v) is 26.9. The van der Waals surface area contributed by atoms with E-state index in [0.29, 0.717) is 18.8 Å². The van der Waals surface area contributed by atoms with E-state index in [-0.39, 0.29) is 41.7 Å². The third kappa shape index (κ3) is 6.03. The fourth-order valence-electron chi connectivity index (χ4n) is 8.41. The lowest BCUT2D eigenvalue weighted by Gasteiger charge is -2.36. The van der Waals surface area contributed by atoms with Crippen LogP contribution in [0.15, 0.2) is 59.2 Å². The van der Waals surface area contributed by atoms with Crippen LogP contribution in [0, 0.1) is 31.6 Å². The predicted octanol–water partition coefficient (Wildman–Crippen LogP) is 6.97. The zero-order chi connectivity index (χ0) is 31.0. The number of fused-ring (bicyclic) bond motifs is 3. The van der Waals surface area contributed by atoms with Crippen LogP contribution in [-0.2, 0) is 20.9 Å². The molecule has 3 aliphatic heterocycles. The summed E-state index contributed by atoms with van der Waals surface area (Å²) in [6, 6.07) is 14.6. The standard InChI is InChI=1S/C38H48N2O4/c1-5-9-27(21-29-18-25(3)36(41)26(4)19-29)12-13-33-34-24(2)20-31-35(32(34)23-44-33)38(43)40(37(31)42)30-14-16-39(17-15-30)22-28-10-7-6-8-11-28/h6-8,10-11,18-19,21,30-33,35,41H,5,9,12-17,20,22-23H2,1-4H3/b27-21+/t31-,32+,33-,35-/m1/s1. The number of likely N-dealkylation sites (tertiary alicyclic amines) is 2. The SMILES string of the molecule is CCC/C(=C\c1cc(C)c(O)c(C)c1)CC[C@H]1OC[C@H]2C1=C(C)C[C@H]1C(=O)N(C3CCN(Cc4ccccc4)CC3)C(=O)[C@H]12. The summed E-state index contributed by atoms with van der Waals surface area (Å²) in [7, 11) is 0. The number of carbonyl (C=O) groups excluding carboxylic acids is 2. The van der Waals surface area contributed by atoms with E-state index in [2.05, 4.69) is 61.2 Å². The third-order valence-electron chi connectivity index (χ3n) is 10.5. The Kier molecular flexibility index (Phi) is 9.11. The van der Waals surface area contributed by atoms with Crippen LogP contribution in [0.5, 0.6) is 5.75 Å². The average molecular weight is 597 g/mol. The minimum Gasteiger partial charge on any atom is -0.507 e. The zero-order valence-electron chi connectivity index (χ0n) is 26.9. The number of nitrogens with zero attached hydrogens (tertiary/aromatic N) is 2. The lowest BCUT2D eigenvalue weighted by atomic mass is 9.70. The first-order valence-electron chi connectivity index (χ1n) is 16.7. The Labute approximate surface area is 262 Å². The molecule has 3 heterocycles. The van der Waals surface area contributed by atoms with Gasteiger partial charge in [0.1, 0.15) is 5.75 Å². The summed E-state index contributed by atoms with van der Waals surface area (Å²) in [4.78, 5) is 31.9. The Morgan fingerprint density at radius 1 is 0.977 bits per heavy atom. The van der Waals surface area contributed by atoms with Gasteiger partial charge in [-0.25, -0.2) is 0 Å². The molecule has 0 aromatic heterocycles. The van der Waals surface area contributed by atoms with Crippen LogP contribution < -0.4 is 0 Å². The van der Waals surface area contributed by atoms with Crippen LogP contribution in [0.2, 0.25) is 0 Å². The van der Waals surface area contributed by atoms with Crippen molar-refractivity contribution < 1.29 is 19.4 Å². The largest absolute Gasteiger partial charge is 0.507 e. The molecule has 2 aromatic rings. The molecule has 4 aliphatic rings. The minimum atomic E-state index is -0.276. The van der Waals surface area contributed by atoms with Crippen LogP contribution in [-0.4, -0.2) is 58.6 Å².